The summed E-state index contributed by atoms with van der Waals surface area (Å²) in [6, 6.07) is 18.6. The zero-order valence-corrected chi connectivity index (χ0v) is 10.8. The Morgan fingerprint density at radius 3 is 2.74 bits per heavy atom. The van der Waals surface area contributed by atoms with Gasteiger partial charge in [0.2, 0.25) is 0 Å². The van der Waals surface area contributed by atoms with Gasteiger partial charge >= 0.3 is 0 Å². The predicted octanol–water partition coefficient (Wildman–Crippen LogP) is 3.13. The van der Waals surface area contributed by atoms with Crippen LogP contribution in [0, 0.1) is 0 Å². The van der Waals surface area contributed by atoms with E-state index in [-0.39, 0.29) is 6.04 Å². The van der Waals surface area contributed by atoms with E-state index in [1.54, 1.807) is 7.11 Å². The third-order valence-corrected chi connectivity index (χ3v) is 3.36. The van der Waals surface area contributed by atoms with Crippen molar-refractivity contribution in [1.29, 1.82) is 0 Å². The third kappa shape index (κ3) is 2.45. The molecule has 0 fully saturated rings. The number of hydrazone groups is 1. The highest BCUT2D eigenvalue weighted by atomic mass is 16.5. The second kappa shape index (κ2) is 5.14. The van der Waals surface area contributed by atoms with E-state index in [2.05, 4.69) is 34.8 Å². The molecular formula is C16H16N2O. The molecule has 2 aromatic carbocycles. The van der Waals surface area contributed by atoms with E-state index in [0.717, 1.165) is 17.9 Å². The van der Waals surface area contributed by atoms with Gasteiger partial charge in [-0.2, -0.15) is 5.10 Å². The number of benzene rings is 2. The van der Waals surface area contributed by atoms with E-state index >= 15 is 0 Å². The van der Waals surface area contributed by atoms with Gasteiger partial charge in [-0.1, -0.05) is 42.5 Å². The van der Waals surface area contributed by atoms with E-state index in [9.17, 15) is 0 Å². The fourth-order valence-corrected chi connectivity index (χ4v) is 2.30. The first-order valence-electron chi connectivity index (χ1n) is 6.38. The maximum Gasteiger partial charge on any atom is 0.119 e. The lowest BCUT2D eigenvalue weighted by Gasteiger charge is -2.11. The Hall–Kier alpha value is -2.29. The van der Waals surface area contributed by atoms with Crippen LogP contribution in [0.2, 0.25) is 0 Å². The molecule has 3 nitrogen and oxygen atoms in total. The number of nitrogens with zero attached hydrogens (tertiary/aromatic N) is 1. The molecule has 0 saturated heterocycles. The summed E-state index contributed by atoms with van der Waals surface area (Å²) in [4.78, 5) is 0. The molecule has 0 saturated carbocycles. The van der Waals surface area contributed by atoms with Crippen LogP contribution in [0.5, 0.6) is 5.75 Å². The molecule has 1 aliphatic heterocycles. The van der Waals surface area contributed by atoms with Crippen LogP contribution in [0.3, 0.4) is 0 Å². The van der Waals surface area contributed by atoms with Gasteiger partial charge < -0.3 is 10.2 Å². The molecule has 2 aromatic rings. The van der Waals surface area contributed by atoms with Crippen molar-refractivity contribution in [2.75, 3.05) is 7.11 Å². The third-order valence-electron chi connectivity index (χ3n) is 3.36. The average Bonchev–Trinajstić information content (AvgIpc) is 2.98. The highest BCUT2D eigenvalue weighted by molar-refractivity contribution is 6.01. The minimum Gasteiger partial charge on any atom is -0.497 e. The maximum atomic E-state index is 5.26. The molecule has 0 aromatic heterocycles. The van der Waals surface area contributed by atoms with E-state index < -0.39 is 0 Å². The van der Waals surface area contributed by atoms with Crippen LogP contribution in [0.4, 0.5) is 0 Å². The Bertz CT molecular complexity index is 593. The quantitative estimate of drug-likeness (QED) is 0.910. The molecule has 0 bridgehead atoms. The van der Waals surface area contributed by atoms with Gasteiger partial charge in [0.25, 0.3) is 0 Å². The second-order valence-corrected chi connectivity index (χ2v) is 4.59. The number of hydrogen-bond donors (Lipinski definition) is 1. The van der Waals surface area contributed by atoms with Crippen LogP contribution >= 0.6 is 0 Å². The van der Waals surface area contributed by atoms with Crippen molar-refractivity contribution in [3.63, 3.8) is 0 Å². The number of ether oxygens (including phenoxy) is 1. The lowest BCUT2D eigenvalue weighted by molar-refractivity contribution is 0.413. The van der Waals surface area contributed by atoms with Crippen molar-refractivity contribution in [1.82, 2.24) is 5.43 Å². The Morgan fingerprint density at radius 2 is 1.95 bits per heavy atom. The number of methoxy groups -OCH3 is 1. The average molecular weight is 252 g/mol. The van der Waals surface area contributed by atoms with Crippen molar-refractivity contribution in [2.45, 2.75) is 12.5 Å². The summed E-state index contributed by atoms with van der Waals surface area (Å²) in [5.41, 5.74) is 6.69. The van der Waals surface area contributed by atoms with Crippen LogP contribution in [0.15, 0.2) is 59.7 Å². The molecule has 1 atom stereocenters. The normalized spacial score (nSPS) is 17.7. The first kappa shape index (κ1) is 11.8. The molecule has 1 N–H and O–H groups in total. The van der Waals surface area contributed by atoms with Crippen LogP contribution < -0.4 is 10.2 Å². The smallest absolute Gasteiger partial charge is 0.119 e. The van der Waals surface area contributed by atoms with Gasteiger partial charge in [-0.25, -0.2) is 0 Å². The summed E-state index contributed by atoms with van der Waals surface area (Å²) in [7, 11) is 1.69. The monoisotopic (exact) mass is 252 g/mol. The summed E-state index contributed by atoms with van der Waals surface area (Å²) >= 11 is 0. The minimum absolute atomic E-state index is 0.227. The molecule has 1 aliphatic rings. The number of nitrogens with one attached hydrogen (secondary N) is 1. The van der Waals surface area contributed by atoms with Gasteiger partial charge in [0.1, 0.15) is 5.75 Å². The Kier molecular flexibility index (Phi) is 3.19. The molecule has 1 unspecified atom stereocenters. The van der Waals surface area contributed by atoms with Crippen molar-refractivity contribution in [2.24, 2.45) is 5.10 Å². The van der Waals surface area contributed by atoms with Crippen molar-refractivity contribution in [3.05, 3.63) is 65.7 Å². The van der Waals surface area contributed by atoms with E-state index in [4.69, 9.17) is 4.74 Å². The van der Waals surface area contributed by atoms with Crippen molar-refractivity contribution >= 4 is 5.71 Å². The van der Waals surface area contributed by atoms with Crippen molar-refractivity contribution < 1.29 is 4.74 Å². The molecule has 96 valence electrons. The predicted molar refractivity (Wildman–Crippen MR) is 76.5 cm³/mol. The Balaban J connectivity index is 1.77. The fourth-order valence-electron chi connectivity index (χ4n) is 2.30. The molecule has 3 heteroatoms. The van der Waals surface area contributed by atoms with Gasteiger partial charge in [-0.05, 0) is 23.3 Å². The molecular weight excluding hydrogens is 236 g/mol. The van der Waals surface area contributed by atoms with E-state index in [1.165, 1.54) is 11.1 Å². The highest BCUT2D eigenvalue weighted by Crippen LogP contribution is 2.26. The number of hydrogen-bond acceptors (Lipinski definition) is 3. The van der Waals surface area contributed by atoms with Crippen LogP contribution in [0.25, 0.3) is 0 Å². The zero-order chi connectivity index (χ0) is 13.1. The standard InChI is InChI=1S/C16H16N2O/c1-19-14-9-5-8-13(10-14)16-11-15(17-18-16)12-6-3-2-4-7-12/h2-10,16,18H,11H2,1H3. The summed E-state index contributed by atoms with van der Waals surface area (Å²) in [6.07, 6.45) is 0.900. The fraction of sp³-hybridized carbons (Fsp3) is 0.188. The molecule has 0 aliphatic carbocycles. The van der Waals surface area contributed by atoms with Gasteiger partial charge in [0.05, 0.1) is 18.9 Å². The summed E-state index contributed by atoms with van der Waals surface area (Å²) in [5, 5.41) is 4.45. The van der Waals surface area contributed by atoms with Gasteiger partial charge in [0, 0.05) is 6.42 Å². The largest absolute Gasteiger partial charge is 0.497 e. The molecule has 0 radical (unpaired) electrons. The SMILES string of the molecule is COc1cccc(C2CC(c3ccccc3)=NN2)c1. The van der Waals surface area contributed by atoms with E-state index in [0.29, 0.717) is 0 Å². The second-order valence-electron chi connectivity index (χ2n) is 4.59. The van der Waals surface area contributed by atoms with Gasteiger partial charge in [0.15, 0.2) is 0 Å². The van der Waals surface area contributed by atoms with E-state index in [1.807, 2.05) is 30.3 Å². The first-order valence-corrected chi connectivity index (χ1v) is 6.38. The summed E-state index contributed by atoms with van der Waals surface area (Å²) in [5.74, 6) is 0.882. The van der Waals surface area contributed by atoms with Crippen LogP contribution in [-0.2, 0) is 0 Å². The molecule has 19 heavy (non-hydrogen) atoms. The first-order chi connectivity index (χ1) is 9.36. The number of rotatable bonds is 3. The Morgan fingerprint density at radius 1 is 1.11 bits per heavy atom. The molecule has 3 rings (SSSR count). The maximum absolute atomic E-state index is 5.26. The van der Waals surface area contributed by atoms with Crippen LogP contribution in [-0.4, -0.2) is 12.8 Å². The van der Waals surface area contributed by atoms with Crippen molar-refractivity contribution in [3.8, 4) is 5.75 Å². The molecule has 0 amide bonds. The molecule has 0 spiro atoms. The summed E-state index contributed by atoms with van der Waals surface area (Å²) in [6.45, 7) is 0. The lowest BCUT2D eigenvalue weighted by Crippen LogP contribution is -2.09. The van der Waals surface area contributed by atoms with Crippen LogP contribution in [0.1, 0.15) is 23.6 Å². The van der Waals surface area contributed by atoms with Gasteiger partial charge in [-0.15, -0.1) is 0 Å². The summed E-state index contributed by atoms with van der Waals surface area (Å²) < 4.78 is 5.26. The lowest BCUT2D eigenvalue weighted by atomic mass is 9.99. The Labute approximate surface area is 112 Å². The topological polar surface area (TPSA) is 33.6 Å². The van der Waals surface area contributed by atoms with Gasteiger partial charge in [-0.3, -0.25) is 0 Å². The molecule has 1 heterocycles. The zero-order valence-electron chi connectivity index (χ0n) is 10.8. The highest BCUT2D eigenvalue weighted by Gasteiger charge is 2.21. The minimum atomic E-state index is 0.227.